The van der Waals surface area contributed by atoms with Crippen LogP contribution in [0.5, 0.6) is 5.75 Å². The van der Waals surface area contributed by atoms with Crippen LogP contribution in [0.4, 0.5) is 0 Å². The molecule has 0 aliphatic heterocycles. The second-order valence-electron chi connectivity index (χ2n) is 3.77. The summed E-state index contributed by atoms with van der Waals surface area (Å²) >= 11 is 0. The van der Waals surface area contributed by atoms with Gasteiger partial charge >= 0.3 is 5.97 Å². The zero-order valence-corrected chi connectivity index (χ0v) is 9.42. The summed E-state index contributed by atoms with van der Waals surface area (Å²) in [6, 6.07) is 12.5. The van der Waals surface area contributed by atoms with E-state index in [1.807, 2.05) is 0 Å². The highest BCUT2D eigenvalue weighted by Crippen LogP contribution is 2.19. The zero-order chi connectivity index (χ0) is 13.1. The molecule has 2 aromatic carbocycles. The van der Waals surface area contributed by atoms with Crippen molar-refractivity contribution < 1.29 is 15.0 Å². The van der Waals surface area contributed by atoms with Gasteiger partial charge in [0.15, 0.2) is 0 Å². The van der Waals surface area contributed by atoms with Gasteiger partial charge in [-0.15, -0.1) is 0 Å². The van der Waals surface area contributed by atoms with E-state index in [0.717, 1.165) is 0 Å². The van der Waals surface area contributed by atoms with Crippen molar-refractivity contribution in [3.63, 3.8) is 0 Å². The molecule has 4 heteroatoms. The molecule has 0 amide bonds. The van der Waals surface area contributed by atoms with Crippen LogP contribution in [-0.2, 0) is 0 Å². The number of para-hydroxylation sites is 1. The Morgan fingerprint density at radius 2 is 1.50 bits per heavy atom. The Bertz CT molecular complexity index is 603. The fraction of sp³-hybridized carbons (Fsp3) is 0. The summed E-state index contributed by atoms with van der Waals surface area (Å²) in [5.74, 6) is -0.972. The Kier molecular flexibility index (Phi) is 3.10. The number of phenols is 1. The lowest BCUT2D eigenvalue weighted by Gasteiger charge is -2.06. The van der Waals surface area contributed by atoms with Gasteiger partial charge in [0.2, 0.25) is 0 Å². The number of nitrogens with one attached hydrogen (secondary N) is 1. The fourth-order valence-corrected chi connectivity index (χ4v) is 1.62. The molecule has 0 atom stereocenters. The molecule has 18 heavy (non-hydrogen) atoms. The second-order valence-corrected chi connectivity index (χ2v) is 3.77. The van der Waals surface area contributed by atoms with Crippen LogP contribution in [-0.4, -0.2) is 21.9 Å². The maximum absolute atomic E-state index is 10.7. The van der Waals surface area contributed by atoms with E-state index in [1.165, 1.54) is 18.2 Å². The smallest absolute Gasteiger partial charge is 0.335 e. The lowest BCUT2D eigenvalue weighted by molar-refractivity contribution is 0.0697. The Labute approximate surface area is 104 Å². The number of phenolic OH excluding ortho intramolecular Hbond substituents is 1. The number of carboxylic acid groups (broad SMARTS) is 1. The minimum Gasteiger partial charge on any atom is -0.507 e. The van der Waals surface area contributed by atoms with Gasteiger partial charge in [-0.25, -0.2) is 4.79 Å². The van der Waals surface area contributed by atoms with Crippen LogP contribution in [0.2, 0.25) is 0 Å². The lowest BCUT2D eigenvalue weighted by atomic mass is 10.0. The summed E-state index contributed by atoms with van der Waals surface area (Å²) in [6.07, 6.45) is 0. The van der Waals surface area contributed by atoms with Crippen molar-refractivity contribution in [2.24, 2.45) is 0 Å². The predicted octanol–water partition coefficient (Wildman–Crippen LogP) is 2.51. The number of benzene rings is 2. The van der Waals surface area contributed by atoms with E-state index in [9.17, 15) is 9.90 Å². The minimum atomic E-state index is -1.00. The van der Waals surface area contributed by atoms with Crippen molar-refractivity contribution >= 4 is 11.7 Å². The highest BCUT2D eigenvalue weighted by molar-refractivity contribution is 6.12. The molecule has 3 N–H and O–H groups in total. The summed E-state index contributed by atoms with van der Waals surface area (Å²) in [6.45, 7) is 0. The first-order valence-corrected chi connectivity index (χ1v) is 5.30. The number of aromatic hydroxyl groups is 1. The van der Waals surface area contributed by atoms with Crippen LogP contribution in [0.15, 0.2) is 48.5 Å². The van der Waals surface area contributed by atoms with E-state index in [0.29, 0.717) is 11.1 Å². The van der Waals surface area contributed by atoms with Gasteiger partial charge in [0.1, 0.15) is 5.75 Å². The van der Waals surface area contributed by atoms with Crippen LogP contribution in [0, 0.1) is 5.41 Å². The first-order valence-electron chi connectivity index (χ1n) is 5.30. The quantitative estimate of drug-likeness (QED) is 0.722. The van der Waals surface area contributed by atoms with Gasteiger partial charge in [0.25, 0.3) is 0 Å². The molecular formula is C14H11NO3. The van der Waals surface area contributed by atoms with E-state index in [1.54, 1.807) is 30.3 Å². The molecule has 2 aromatic rings. The third kappa shape index (κ3) is 2.22. The van der Waals surface area contributed by atoms with Gasteiger partial charge in [-0.05, 0) is 24.3 Å². The molecule has 0 radical (unpaired) electrons. The summed E-state index contributed by atoms with van der Waals surface area (Å²) in [5, 5.41) is 26.4. The van der Waals surface area contributed by atoms with Crippen LogP contribution >= 0.6 is 0 Å². The van der Waals surface area contributed by atoms with E-state index in [-0.39, 0.29) is 17.0 Å². The number of aromatic carboxylic acids is 1. The normalized spacial score (nSPS) is 10.0. The average molecular weight is 241 g/mol. The largest absolute Gasteiger partial charge is 0.507 e. The SMILES string of the molecule is N=C(c1ccc(C(=O)O)cc1)c1ccccc1O. The average Bonchev–Trinajstić information content (AvgIpc) is 2.38. The maximum atomic E-state index is 10.7. The van der Waals surface area contributed by atoms with Crippen LogP contribution in [0.3, 0.4) is 0 Å². The highest BCUT2D eigenvalue weighted by Gasteiger charge is 2.10. The molecule has 0 heterocycles. The number of hydrogen-bond acceptors (Lipinski definition) is 3. The zero-order valence-electron chi connectivity index (χ0n) is 9.42. The van der Waals surface area contributed by atoms with Gasteiger partial charge in [-0.3, -0.25) is 5.41 Å². The molecule has 0 fully saturated rings. The molecule has 0 aliphatic rings. The van der Waals surface area contributed by atoms with Crippen LogP contribution < -0.4 is 0 Å². The monoisotopic (exact) mass is 241 g/mol. The van der Waals surface area contributed by atoms with Crippen LogP contribution in [0.1, 0.15) is 21.5 Å². The van der Waals surface area contributed by atoms with Crippen molar-refractivity contribution in [2.45, 2.75) is 0 Å². The van der Waals surface area contributed by atoms with E-state index in [2.05, 4.69) is 0 Å². The lowest BCUT2D eigenvalue weighted by Crippen LogP contribution is -2.03. The Morgan fingerprint density at radius 3 is 2.06 bits per heavy atom. The molecule has 0 bridgehead atoms. The van der Waals surface area contributed by atoms with Crippen molar-refractivity contribution in [1.82, 2.24) is 0 Å². The fourth-order valence-electron chi connectivity index (χ4n) is 1.62. The highest BCUT2D eigenvalue weighted by atomic mass is 16.4. The molecule has 0 aromatic heterocycles. The molecule has 0 aliphatic carbocycles. The van der Waals surface area contributed by atoms with Crippen molar-refractivity contribution in [3.8, 4) is 5.75 Å². The molecule has 4 nitrogen and oxygen atoms in total. The second kappa shape index (κ2) is 4.71. The Hall–Kier alpha value is -2.62. The topological polar surface area (TPSA) is 81.4 Å². The molecular weight excluding hydrogens is 230 g/mol. The van der Waals surface area contributed by atoms with Crippen molar-refractivity contribution in [3.05, 3.63) is 65.2 Å². The number of carbonyl (C=O) groups is 1. The third-order valence-electron chi connectivity index (χ3n) is 2.59. The molecule has 2 rings (SSSR count). The molecule has 0 saturated heterocycles. The summed E-state index contributed by atoms with van der Waals surface area (Å²) < 4.78 is 0. The van der Waals surface area contributed by atoms with Crippen LogP contribution in [0.25, 0.3) is 0 Å². The maximum Gasteiger partial charge on any atom is 0.335 e. The first kappa shape index (κ1) is 11.9. The number of rotatable bonds is 3. The van der Waals surface area contributed by atoms with Crippen molar-refractivity contribution in [2.75, 3.05) is 0 Å². The number of carboxylic acids is 1. The summed E-state index contributed by atoms with van der Waals surface area (Å²) in [5.41, 5.74) is 1.30. The Morgan fingerprint density at radius 1 is 0.944 bits per heavy atom. The standard InChI is InChI=1S/C14H11NO3/c15-13(11-3-1-2-4-12(11)16)9-5-7-10(8-6-9)14(17)18/h1-8,15-16H,(H,17,18). The van der Waals surface area contributed by atoms with Gasteiger partial charge in [-0.2, -0.15) is 0 Å². The van der Waals surface area contributed by atoms with Crippen molar-refractivity contribution in [1.29, 1.82) is 5.41 Å². The van der Waals surface area contributed by atoms with Gasteiger partial charge in [0.05, 0.1) is 11.3 Å². The summed E-state index contributed by atoms with van der Waals surface area (Å²) in [7, 11) is 0. The molecule has 0 saturated carbocycles. The predicted molar refractivity (Wildman–Crippen MR) is 67.4 cm³/mol. The van der Waals surface area contributed by atoms with Gasteiger partial charge in [0, 0.05) is 11.1 Å². The third-order valence-corrected chi connectivity index (χ3v) is 2.59. The summed E-state index contributed by atoms with van der Waals surface area (Å²) in [4.78, 5) is 10.7. The van der Waals surface area contributed by atoms with E-state index in [4.69, 9.17) is 10.5 Å². The van der Waals surface area contributed by atoms with Gasteiger partial charge in [-0.1, -0.05) is 24.3 Å². The van der Waals surface area contributed by atoms with E-state index < -0.39 is 5.97 Å². The molecule has 90 valence electrons. The molecule has 0 unspecified atom stereocenters. The number of hydrogen-bond donors (Lipinski definition) is 3. The minimum absolute atomic E-state index is 0.0322. The first-order chi connectivity index (χ1) is 8.59. The van der Waals surface area contributed by atoms with Gasteiger partial charge < -0.3 is 10.2 Å². The molecule has 0 spiro atoms. The Balaban J connectivity index is 2.35. The van der Waals surface area contributed by atoms with E-state index >= 15 is 0 Å².